The number of ether oxygens (including phenoxy) is 1. The van der Waals surface area contributed by atoms with E-state index in [-0.39, 0.29) is 38.3 Å². The van der Waals surface area contributed by atoms with E-state index in [1.165, 1.54) is 29.4 Å². The molecular formula is C20H20ClN3O6S. The van der Waals surface area contributed by atoms with Crippen LogP contribution in [0.2, 0.25) is 5.02 Å². The molecule has 0 saturated carbocycles. The van der Waals surface area contributed by atoms with E-state index in [1.807, 2.05) is 0 Å². The first-order valence-electron chi connectivity index (χ1n) is 9.43. The molecule has 2 heterocycles. The number of hydrogen-bond acceptors (Lipinski definition) is 7. The van der Waals surface area contributed by atoms with Crippen LogP contribution in [0.3, 0.4) is 0 Å². The van der Waals surface area contributed by atoms with E-state index in [9.17, 15) is 23.3 Å². The van der Waals surface area contributed by atoms with Crippen molar-refractivity contribution in [2.24, 2.45) is 0 Å². The molecule has 31 heavy (non-hydrogen) atoms. The molecule has 0 atom stereocenters. The number of nitrogens with zero attached hydrogens (tertiary/aromatic N) is 2. The van der Waals surface area contributed by atoms with Crippen molar-refractivity contribution in [1.29, 1.82) is 5.26 Å². The lowest BCUT2D eigenvalue weighted by Gasteiger charge is -2.26. The summed E-state index contributed by atoms with van der Waals surface area (Å²) in [5.74, 6) is -1.75. The normalized spacial score (nSPS) is 14.6. The monoisotopic (exact) mass is 465 g/mol. The van der Waals surface area contributed by atoms with Crippen LogP contribution in [0, 0.1) is 18.3 Å². The minimum absolute atomic E-state index is 0.0186. The van der Waals surface area contributed by atoms with Crippen molar-refractivity contribution in [2.75, 3.05) is 25.5 Å². The number of anilines is 1. The summed E-state index contributed by atoms with van der Waals surface area (Å²) in [4.78, 5) is 24.7. The van der Waals surface area contributed by atoms with Gasteiger partial charge in [-0.15, -0.1) is 0 Å². The molecule has 0 radical (unpaired) electrons. The van der Waals surface area contributed by atoms with Crippen molar-refractivity contribution in [3.05, 3.63) is 45.7 Å². The number of carbonyl (C=O) groups excluding carboxylic acids is 2. The fourth-order valence-electron chi connectivity index (χ4n) is 3.35. The maximum absolute atomic E-state index is 12.9. The van der Waals surface area contributed by atoms with Crippen molar-refractivity contribution in [2.45, 2.75) is 31.1 Å². The molecule has 1 aromatic heterocycles. The number of hydrogen-bond donors (Lipinski definition) is 1. The number of halogens is 1. The highest BCUT2D eigenvalue weighted by Gasteiger charge is 2.29. The molecule has 11 heteroatoms. The second kappa shape index (κ2) is 9.09. The number of furan rings is 1. The van der Waals surface area contributed by atoms with Gasteiger partial charge < -0.3 is 9.15 Å². The fraction of sp³-hybridized carbons (Fsp3) is 0.350. The van der Waals surface area contributed by atoms with Gasteiger partial charge >= 0.3 is 5.97 Å². The highest BCUT2D eigenvalue weighted by molar-refractivity contribution is 7.89. The molecule has 2 aromatic rings. The van der Waals surface area contributed by atoms with Crippen molar-refractivity contribution in [3.8, 4) is 6.07 Å². The summed E-state index contributed by atoms with van der Waals surface area (Å²) in [6.07, 6.45) is 2.52. The lowest BCUT2D eigenvalue weighted by Crippen LogP contribution is -2.35. The summed E-state index contributed by atoms with van der Waals surface area (Å²) in [5.41, 5.74) is -0.420. The van der Waals surface area contributed by atoms with Gasteiger partial charge in [-0.25, -0.2) is 13.2 Å². The second-order valence-electron chi connectivity index (χ2n) is 6.90. The van der Waals surface area contributed by atoms with Crippen molar-refractivity contribution in [1.82, 2.24) is 4.31 Å². The Morgan fingerprint density at radius 3 is 2.55 bits per heavy atom. The molecule has 1 saturated heterocycles. The van der Waals surface area contributed by atoms with Gasteiger partial charge in [0.05, 0.1) is 22.6 Å². The molecule has 9 nitrogen and oxygen atoms in total. The zero-order chi connectivity index (χ0) is 22.8. The minimum Gasteiger partial charge on any atom is -0.465 e. The Labute approximate surface area is 184 Å². The molecule has 0 aliphatic carbocycles. The van der Waals surface area contributed by atoms with Gasteiger partial charge in [0.15, 0.2) is 0 Å². The van der Waals surface area contributed by atoms with Crippen LogP contribution in [-0.2, 0) is 14.8 Å². The third-order valence-electron chi connectivity index (χ3n) is 4.95. The molecule has 1 aliphatic rings. The first-order chi connectivity index (χ1) is 14.7. The fourth-order valence-corrected chi connectivity index (χ4v) is 5.10. The first kappa shape index (κ1) is 22.8. The largest absolute Gasteiger partial charge is 0.465 e. The lowest BCUT2D eigenvalue weighted by atomic mass is 10.1. The number of nitrogens with one attached hydrogen (secondary N) is 1. The van der Waals surface area contributed by atoms with Crippen molar-refractivity contribution < 1.29 is 27.2 Å². The molecule has 1 aromatic carbocycles. The van der Waals surface area contributed by atoms with Crippen molar-refractivity contribution in [3.63, 3.8) is 0 Å². The van der Waals surface area contributed by atoms with E-state index in [1.54, 1.807) is 6.07 Å². The summed E-state index contributed by atoms with van der Waals surface area (Å²) in [6.45, 7) is 2.28. The summed E-state index contributed by atoms with van der Waals surface area (Å²) < 4.78 is 37.2. The number of piperidine rings is 1. The third-order valence-corrected chi connectivity index (χ3v) is 7.17. The Balaban J connectivity index is 1.94. The summed E-state index contributed by atoms with van der Waals surface area (Å²) >= 11 is 6.14. The van der Waals surface area contributed by atoms with Gasteiger partial charge in [0.25, 0.3) is 5.91 Å². The number of methoxy groups -OCH3 is 1. The molecule has 1 amide bonds. The molecular weight excluding hydrogens is 446 g/mol. The Morgan fingerprint density at radius 1 is 1.26 bits per heavy atom. The van der Waals surface area contributed by atoms with E-state index in [4.69, 9.17) is 16.0 Å². The van der Waals surface area contributed by atoms with Crippen LogP contribution < -0.4 is 5.32 Å². The summed E-state index contributed by atoms with van der Waals surface area (Å²) in [5, 5.41) is 11.8. The molecule has 164 valence electrons. The molecule has 0 bridgehead atoms. The number of amides is 1. The number of sulfonamides is 1. The predicted octanol–water partition coefficient (Wildman–Crippen LogP) is 3.33. The summed E-state index contributed by atoms with van der Waals surface area (Å²) in [7, 11) is -2.63. The third kappa shape index (κ3) is 4.44. The smallest absolute Gasteiger partial charge is 0.342 e. The zero-order valence-electron chi connectivity index (χ0n) is 16.9. The Kier molecular flexibility index (Phi) is 6.69. The number of esters is 1. The van der Waals surface area contributed by atoms with Crippen LogP contribution in [-0.4, -0.2) is 44.8 Å². The Morgan fingerprint density at radius 2 is 1.94 bits per heavy atom. The van der Waals surface area contributed by atoms with Crippen LogP contribution in [0.15, 0.2) is 27.5 Å². The van der Waals surface area contributed by atoms with Gasteiger partial charge in [0.2, 0.25) is 15.9 Å². The molecule has 1 fully saturated rings. The van der Waals surface area contributed by atoms with E-state index in [0.29, 0.717) is 13.1 Å². The highest BCUT2D eigenvalue weighted by Crippen LogP contribution is 2.29. The number of carbonyl (C=O) groups is 2. The molecule has 0 unspecified atom stereocenters. The second-order valence-corrected chi connectivity index (χ2v) is 9.25. The maximum atomic E-state index is 12.9. The number of rotatable bonds is 5. The van der Waals surface area contributed by atoms with Gasteiger partial charge in [-0.05, 0) is 38.0 Å². The average molecular weight is 466 g/mol. The molecule has 3 rings (SSSR count). The molecule has 1 N–H and O–H groups in total. The van der Waals surface area contributed by atoms with E-state index in [2.05, 4.69) is 10.1 Å². The highest BCUT2D eigenvalue weighted by atomic mass is 35.5. The maximum Gasteiger partial charge on any atom is 0.342 e. The van der Waals surface area contributed by atoms with E-state index in [0.717, 1.165) is 26.4 Å². The van der Waals surface area contributed by atoms with E-state index >= 15 is 0 Å². The standard InChI is InChI=1S/C20H20ClN3O6S/c1-12-17(20(26)29-2)15(11-22)19(30-12)23-18(25)14-10-13(6-7-16(14)21)31(27,28)24-8-4-3-5-9-24/h6-7,10H,3-5,8-9H2,1-2H3,(H,23,25). The van der Waals surface area contributed by atoms with Crippen LogP contribution in [0.5, 0.6) is 0 Å². The van der Waals surface area contributed by atoms with Crippen LogP contribution in [0.25, 0.3) is 0 Å². The van der Waals surface area contributed by atoms with Gasteiger partial charge in [0, 0.05) is 13.1 Å². The average Bonchev–Trinajstić information content (AvgIpc) is 3.08. The van der Waals surface area contributed by atoms with E-state index < -0.39 is 21.9 Å². The topological polar surface area (TPSA) is 130 Å². The van der Waals surface area contributed by atoms with Gasteiger partial charge in [-0.2, -0.15) is 9.57 Å². The SMILES string of the molecule is COC(=O)c1c(C)oc(NC(=O)c2cc(S(=O)(=O)N3CCCCC3)ccc2Cl)c1C#N. The Bertz CT molecular complexity index is 1180. The summed E-state index contributed by atoms with van der Waals surface area (Å²) in [6, 6.07) is 5.66. The molecule has 0 spiro atoms. The number of aryl methyl sites for hydroxylation is 1. The minimum atomic E-state index is -3.78. The Hall–Kier alpha value is -2.87. The van der Waals surface area contributed by atoms with Gasteiger partial charge in [0.1, 0.15) is 23.0 Å². The zero-order valence-corrected chi connectivity index (χ0v) is 18.5. The molecule has 1 aliphatic heterocycles. The van der Waals surface area contributed by atoms with Crippen LogP contribution in [0.4, 0.5) is 5.88 Å². The van der Waals surface area contributed by atoms with Gasteiger partial charge in [-0.3, -0.25) is 10.1 Å². The lowest BCUT2D eigenvalue weighted by molar-refractivity contribution is 0.0598. The number of nitriles is 1. The van der Waals surface area contributed by atoms with Crippen LogP contribution >= 0.6 is 11.6 Å². The predicted molar refractivity (Wildman–Crippen MR) is 112 cm³/mol. The van der Waals surface area contributed by atoms with Crippen LogP contribution in [0.1, 0.15) is 51.3 Å². The van der Waals surface area contributed by atoms with Crippen molar-refractivity contribution >= 4 is 39.4 Å². The number of benzene rings is 1. The van der Waals surface area contributed by atoms with Gasteiger partial charge in [-0.1, -0.05) is 18.0 Å². The first-order valence-corrected chi connectivity index (χ1v) is 11.3. The quantitative estimate of drug-likeness (QED) is 0.670.